The fraction of sp³-hybridized carbons (Fsp3) is 0.385. The van der Waals surface area contributed by atoms with Crippen molar-refractivity contribution in [2.45, 2.75) is 5.88 Å². The molecule has 0 N–H and O–H groups in total. The van der Waals surface area contributed by atoms with Gasteiger partial charge < -0.3 is 9.64 Å². The highest BCUT2D eigenvalue weighted by molar-refractivity contribution is 6.16. The van der Waals surface area contributed by atoms with Crippen LogP contribution in [0.5, 0.6) is 0 Å². The van der Waals surface area contributed by atoms with Crippen LogP contribution in [0.2, 0.25) is 0 Å². The molecule has 0 saturated carbocycles. The molecule has 1 aliphatic heterocycles. The van der Waals surface area contributed by atoms with Crippen molar-refractivity contribution in [1.82, 2.24) is 14.8 Å². The van der Waals surface area contributed by atoms with Gasteiger partial charge in [-0.15, -0.1) is 21.8 Å². The van der Waals surface area contributed by atoms with Crippen LogP contribution < -0.4 is 4.90 Å². The Morgan fingerprint density at radius 2 is 1.79 bits per heavy atom. The van der Waals surface area contributed by atoms with Crippen molar-refractivity contribution in [2.24, 2.45) is 0 Å². The van der Waals surface area contributed by atoms with Gasteiger partial charge in [0.05, 0.1) is 19.1 Å². The predicted molar refractivity (Wildman–Crippen MR) is 73.9 cm³/mol. The van der Waals surface area contributed by atoms with E-state index in [4.69, 9.17) is 16.3 Å². The topological polar surface area (TPSA) is 43.2 Å². The van der Waals surface area contributed by atoms with Gasteiger partial charge in [-0.05, 0) is 24.3 Å². The third kappa shape index (κ3) is 2.57. The molecule has 19 heavy (non-hydrogen) atoms. The van der Waals surface area contributed by atoms with Crippen molar-refractivity contribution in [3.05, 3.63) is 36.4 Å². The summed E-state index contributed by atoms with van der Waals surface area (Å²) in [5.41, 5.74) is 2.24. The number of rotatable bonds is 3. The van der Waals surface area contributed by atoms with Crippen LogP contribution in [0.25, 0.3) is 5.69 Å². The van der Waals surface area contributed by atoms with Crippen molar-refractivity contribution in [1.29, 1.82) is 0 Å². The molecule has 0 unspecified atom stereocenters. The molecule has 1 fully saturated rings. The highest BCUT2D eigenvalue weighted by Gasteiger charge is 2.11. The number of hydrogen-bond acceptors (Lipinski definition) is 4. The van der Waals surface area contributed by atoms with E-state index >= 15 is 0 Å². The number of nitrogens with zero attached hydrogens (tertiary/aromatic N) is 4. The van der Waals surface area contributed by atoms with Crippen molar-refractivity contribution >= 4 is 17.3 Å². The molecular weight excluding hydrogens is 264 g/mol. The highest BCUT2D eigenvalue weighted by atomic mass is 35.5. The molecule has 6 heteroatoms. The Morgan fingerprint density at radius 3 is 2.47 bits per heavy atom. The summed E-state index contributed by atoms with van der Waals surface area (Å²) in [5, 5.41) is 7.86. The lowest BCUT2D eigenvalue weighted by molar-refractivity contribution is 0.122. The van der Waals surface area contributed by atoms with Gasteiger partial charge in [-0.3, -0.25) is 4.57 Å². The lowest BCUT2D eigenvalue weighted by atomic mass is 10.2. The zero-order valence-corrected chi connectivity index (χ0v) is 11.3. The number of benzene rings is 1. The van der Waals surface area contributed by atoms with Crippen LogP contribution in [0.1, 0.15) is 5.82 Å². The van der Waals surface area contributed by atoms with E-state index in [1.807, 2.05) is 4.57 Å². The molecule has 0 radical (unpaired) electrons. The van der Waals surface area contributed by atoms with Crippen LogP contribution in [0.15, 0.2) is 30.6 Å². The SMILES string of the molecule is ClCc1nncn1-c1ccc(N2CCOCC2)cc1. The maximum atomic E-state index is 5.83. The maximum absolute atomic E-state index is 5.83. The Hall–Kier alpha value is -1.59. The van der Waals surface area contributed by atoms with Gasteiger partial charge in [0, 0.05) is 24.5 Å². The molecule has 2 heterocycles. The Morgan fingerprint density at radius 1 is 1.11 bits per heavy atom. The summed E-state index contributed by atoms with van der Waals surface area (Å²) in [6.07, 6.45) is 1.68. The monoisotopic (exact) mass is 278 g/mol. The summed E-state index contributed by atoms with van der Waals surface area (Å²) in [4.78, 5) is 2.32. The molecule has 5 nitrogen and oxygen atoms in total. The number of anilines is 1. The van der Waals surface area contributed by atoms with Crippen LogP contribution in [0.3, 0.4) is 0 Å². The lowest BCUT2D eigenvalue weighted by Crippen LogP contribution is -2.36. The summed E-state index contributed by atoms with van der Waals surface area (Å²) >= 11 is 5.83. The van der Waals surface area contributed by atoms with Crippen LogP contribution in [0, 0.1) is 0 Å². The van der Waals surface area contributed by atoms with Crippen LogP contribution in [0.4, 0.5) is 5.69 Å². The molecular formula is C13H15ClN4O. The average Bonchev–Trinajstić information content (AvgIpc) is 2.97. The first kappa shape index (κ1) is 12.4. The first-order chi connectivity index (χ1) is 9.38. The Kier molecular flexibility index (Phi) is 3.66. The number of hydrogen-bond donors (Lipinski definition) is 0. The second-order valence-electron chi connectivity index (χ2n) is 4.37. The zero-order valence-electron chi connectivity index (χ0n) is 10.5. The van der Waals surface area contributed by atoms with E-state index < -0.39 is 0 Å². The minimum Gasteiger partial charge on any atom is -0.378 e. The van der Waals surface area contributed by atoms with E-state index in [0.29, 0.717) is 5.88 Å². The molecule has 0 atom stereocenters. The van der Waals surface area contributed by atoms with Gasteiger partial charge in [0.15, 0.2) is 5.82 Å². The predicted octanol–water partition coefficient (Wildman–Crippen LogP) is 1.84. The summed E-state index contributed by atoms with van der Waals surface area (Å²) in [6.45, 7) is 3.48. The van der Waals surface area contributed by atoms with Gasteiger partial charge >= 0.3 is 0 Å². The molecule has 3 rings (SSSR count). The van der Waals surface area contributed by atoms with Gasteiger partial charge in [0.1, 0.15) is 6.33 Å². The fourth-order valence-corrected chi connectivity index (χ4v) is 2.39. The lowest BCUT2D eigenvalue weighted by Gasteiger charge is -2.28. The second kappa shape index (κ2) is 5.59. The molecule has 0 aliphatic carbocycles. The summed E-state index contributed by atoms with van der Waals surface area (Å²) in [7, 11) is 0. The Bertz CT molecular complexity index is 534. The van der Waals surface area contributed by atoms with Crippen molar-refractivity contribution in [3.8, 4) is 5.69 Å². The number of halogens is 1. The molecule has 0 bridgehead atoms. The van der Waals surface area contributed by atoms with Crippen LogP contribution >= 0.6 is 11.6 Å². The molecule has 2 aromatic rings. The van der Waals surface area contributed by atoms with Crippen molar-refractivity contribution < 1.29 is 4.74 Å². The van der Waals surface area contributed by atoms with Gasteiger partial charge in [0.2, 0.25) is 0 Å². The standard InChI is InChI=1S/C13H15ClN4O/c14-9-13-16-15-10-18(13)12-3-1-11(2-4-12)17-5-7-19-8-6-17/h1-4,10H,5-9H2. The van der Waals surface area contributed by atoms with Crippen molar-refractivity contribution in [3.63, 3.8) is 0 Å². The first-order valence-electron chi connectivity index (χ1n) is 6.26. The van der Waals surface area contributed by atoms with E-state index in [-0.39, 0.29) is 0 Å². The van der Waals surface area contributed by atoms with Gasteiger partial charge in [0.25, 0.3) is 0 Å². The molecule has 1 aliphatic rings. The minimum atomic E-state index is 0.352. The average molecular weight is 279 g/mol. The third-order valence-corrected chi connectivity index (χ3v) is 3.48. The molecule has 0 spiro atoms. The zero-order chi connectivity index (χ0) is 13.1. The van der Waals surface area contributed by atoms with Crippen LogP contribution in [-0.4, -0.2) is 41.1 Å². The highest BCUT2D eigenvalue weighted by Crippen LogP contribution is 2.19. The minimum absolute atomic E-state index is 0.352. The number of ether oxygens (including phenoxy) is 1. The van der Waals surface area contributed by atoms with Gasteiger partial charge in [-0.25, -0.2) is 0 Å². The van der Waals surface area contributed by atoms with E-state index in [0.717, 1.165) is 37.8 Å². The van der Waals surface area contributed by atoms with Crippen molar-refractivity contribution in [2.75, 3.05) is 31.2 Å². The number of morpholine rings is 1. The number of aromatic nitrogens is 3. The summed E-state index contributed by atoms with van der Waals surface area (Å²) in [6, 6.07) is 8.34. The van der Waals surface area contributed by atoms with E-state index in [9.17, 15) is 0 Å². The molecule has 1 saturated heterocycles. The summed E-state index contributed by atoms with van der Waals surface area (Å²) < 4.78 is 7.26. The summed E-state index contributed by atoms with van der Waals surface area (Å²) in [5.74, 6) is 1.10. The second-order valence-corrected chi connectivity index (χ2v) is 4.63. The maximum Gasteiger partial charge on any atom is 0.152 e. The number of alkyl halides is 1. The van der Waals surface area contributed by atoms with E-state index in [1.54, 1.807) is 6.33 Å². The van der Waals surface area contributed by atoms with E-state index in [1.165, 1.54) is 5.69 Å². The normalized spacial score (nSPS) is 15.7. The first-order valence-corrected chi connectivity index (χ1v) is 6.80. The quantitative estimate of drug-likeness (QED) is 0.804. The van der Waals surface area contributed by atoms with Gasteiger partial charge in [-0.1, -0.05) is 0 Å². The smallest absolute Gasteiger partial charge is 0.152 e. The third-order valence-electron chi connectivity index (χ3n) is 3.24. The Labute approximate surface area is 116 Å². The largest absolute Gasteiger partial charge is 0.378 e. The molecule has 0 amide bonds. The molecule has 1 aromatic carbocycles. The van der Waals surface area contributed by atoms with Gasteiger partial charge in [-0.2, -0.15) is 0 Å². The fourth-order valence-electron chi connectivity index (χ4n) is 2.21. The molecule has 1 aromatic heterocycles. The van der Waals surface area contributed by atoms with E-state index in [2.05, 4.69) is 39.4 Å². The molecule has 100 valence electrons. The Balaban J connectivity index is 1.82. The van der Waals surface area contributed by atoms with Crippen LogP contribution in [-0.2, 0) is 10.6 Å².